The molecule has 5 heteroatoms. The second-order valence-electron chi connectivity index (χ2n) is 7.92. The first-order chi connectivity index (χ1) is 14.4. The number of hydrogen-bond acceptors (Lipinski definition) is 4. The molecule has 156 valence electrons. The number of ether oxygens (including phenoxy) is 1. The molecular formula is C25H28N2O3. The molecule has 0 spiro atoms. The van der Waals surface area contributed by atoms with Gasteiger partial charge in [-0.1, -0.05) is 48.5 Å². The largest absolute Gasteiger partial charge is 0.489 e. The Bertz CT molecular complexity index is 958. The molecule has 3 rings (SSSR count). The molecule has 0 aliphatic rings. The molecule has 0 radical (unpaired) electrons. The van der Waals surface area contributed by atoms with E-state index < -0.39 is 11.5 Å². The second kappa shape index (κ2) is 9.55. The number of nitrogens with one attached hydrogen (secondary N) is 1. The molecule has 0 aliphatic heterocycles. The van der Waals surface area contributed by atoms with Crippen molar-refractivity contribution in [2.45, 2.75) is 39.5 Å². The number of nitrogens with zero attached hydrogens (tertiary/aromatic N) is 1. The van der Waals surface area contributed by atoms with Crippen LogP contribution in [0.2, 0.25) is 0 Å². The number of aliphatic hydroxyl groups excluding tert-OH is 1. The van der Waals surface area contributed by atoms with Crippen LogP contribution in [0.3, 0.4) is 0 Å². The maximum atomic E-state index is 12.9. The van der Waals surface area contributed by atoms with E-state index in [4.69, 9.17) is 4.74 Å². The van der Waals surface area contributed by atoms with Crippen molar-refractivity contribution in [3.05, 3.63) is 95.8 Å². The summed E-state index contributed by atoms with van der Waals surface area (Å²) in [5.74, 6) is 0.400. The van der Waals surface area contributed by atoms with Gasteiger partial charge in [0.05, 0.1) is 23.3 Å². The maximum absolute atomic E-state index is 12.9. The van der Waals surface area contributed by atoms with Gasteiger partial charge in [-0.2, -0.15) is 0 Å². The first-order valence-electron chi connectivity index (χ1n) is 10.0. The molecule has 1 aromatic heterocycles. The summed E-state index contributed by atoms with van der Waals surface area (Å²) in [5, 5.41) is 13.9. The van der Waals surface area contributed by atoms with Gasteiger partial charge in [0.15, 0.2) is 0 Å². The molecule has 2 N–H and O–H groups in total. The Kier molecular flexibility index (Phi) is 6.85. The van der Waals surface area contributed by atoms with Gasteiger partial charge >= 0.3 is 0 Å². The highest BCUT2D eigenvalue weighted by Gasteiger charge is 2.37. The van der Waals surface area contributed by atoms with Crippen molar-refractivity contribution in [2.75, 3.05) is 0 Å². The zero-order valence-corrected chi connectivity index (χ0v) is 17.6. The zero-order chi connectivity index (χ0) is 21.6. The number of aromatic nitrogens is 1. The third-order valence-electron chi connectivity index (χ3n) is 5.17. The van der Waals surface area contributed by atoms with E-state index in [9.17, 15) is 9.90 Å². The third kappa shape index (κ3) is 5.24. The van der Waals surface area contributed by atoms with Gasteiger partial charge in [0.2, 0.25) is 5.91 Å². The summed E-state index contributed by atoms with van der Waals surface area (Å²) in [7, 11) is 0. The summed E-state index contributed by atoms with van der Waals surface area (Å²) in [5.41, 5.74) is 1.42. The standard InChI is InChI=1S/C25H28N2O3/c1-18(22-14-7-8-15-26-22)27-24(29)25(2,3)23(28)20-12-9-13-21(16-20)30-17-19-10-5-4-6-11-19/h4-16,18,23,28H,17H2,1-3H3,(H,27,29). The predicted molar refractivity (Wildman–Crippen MR) is 117 cm³/mol. The fraction of sp³-hybridized carbons (Fsp3) is 0.280. The number of carbonyl (C=O) groups is 1. The monoisotopic (exact) mass is 404 g/mol. The number of aliphatic hydroxyl groups is 1. The number of rotatable bonds is 8. The summed E-state index contributed by atoms with van der Waals surface area (Å²) in [6.07, 6.45) is 0.701. The zero-order valence-electron chi connectivity index (χ0n) is 17.6. The maximum Gasteiger partial charge on any atom is 0.229 e. The molecule has 0 bridgehead atoms. The van der Waals surface area contributed by atoms with E-state index >= 15 is 0 Å². The number of amides is 1. The van der Waals surface area contributed by atoms with E-state index in [1.165, 1.54) is 0 Å². The molecule has 0 aliphatic carbocycles. The smallest absolute Gasteiger partial charge is 0.229 e. The van der Waals surface area contributed by atoms with Crippen LogP contribution in [0.25, 0.3) is 0 Å². The third-order valence-corrected chi connectivity index (χ3v) is 5.17. The van der Waals surface area contributed by atoms with Crippen LogP contribution in [0.1, 0.15) is 49.7 Å². The second-order valence-corrected chi connectivity index (χ2v) is 7.92. The van der Waals surface area contributed by atoms with Crippen LogP contribution < -0.4 is 10.1 Å². The molecule has 0 saturated heterocycles. The van der Waals surface area contributed by atoms with Gasteiger partial charge < -0.3 is 15.2 Å². The Balaban J connectivity index is 1.67. The van der Waals surface area contributed by atoms with Crippen LogP contribution in [-0.2, 0) is 11.4 Å². The van der Waals surface area contributed by atoms with E-state index in [2.05, 4.69) is 10.3 Å². The van der Waals surface area contributed by atoms with Gasteiger partial charge in [0, 0.05) is 6.20 Å². The average Bonchev–Trinajstić information content (AvgIpc) is 2.78. The predicted octanol–water partition coefficient (Wildman–Crippen LogP) is 4.60. The van der Waals surface area contributed by atoms with Crippen molar-refractivity contribution < 1.29 is 14.6 Å². The van der Waals surface area contributed by atoms with Crippen molar-refractivity contribution >= 4 is 5.91 Å². The minimum absolute atomic E-state index is 0.247. The summed E-state index contributed by atoms with van der Waals surface area (Å²) in [6.45, 7) is 5.78. The lowest BCUT2D eigenvalue weighted by atomic mass is 9.81. The Hall–Kier alpha value is -3.18. The average molecular weight is 405 g/mol. The number of carbonyl (C=O) groups excluding carboxylic acids is 1. The van der Waals surface area contributed by atoms with E-state index in [0.29, 0.717) is 17.9 Å². The minimum atomic E-state index is -1.04. The fourth-order valence-corrected chi connectivity index (χ4v) is 3.14. The number of benzene rings is 2. The first kappa shape index (κ1) is 21.5. The van der Waals surface area contributed by atoms with Crippen molar-refractivity contribution in [3.8, 4) is 5.75 Å². The summed E-state index contributed by atoms with van der Waals surface area (Å²) in [4.78, 5) is 17.2. The molecule has 3 aromatic rings. The summed E-state index contributed by atoms with van der Waals surface area (Å²) < 4.78 is 5.86. The van der Waals surface area contributed by atoms with E-state index in [-0.39, 0.29) is 11.9 Å². The highest BCUT2D eigenvalue weighted by molar-refractivity contribution is 5.83. The number of pyridine rings is 1. The Labute approximate surface area is 177 Å². The highest BCUT2D eigenvalue weighted by atomic mass is 16.5. The van der Waals surface area contributed by atoms with Gasteiger partial charge in [0.1, 0.15) is 12.4 Å². The lowest BCUT2D eigenvalue weighted by Crippen LogP contribution is -2.42. The first-order valence-corrected chi connectivity index (χ1v) is 10.0. The Morgan fingerprint density at radius 1 is 1.07 bits per heavy atom. The SMILES string of the molecule is CC(NC(=O)C(C)(C)C(O)c1cccc(OCc2ccccc2)c1)c1ccccn1. The van der Waals surface area contributed by atoms with E-state index in [1.807, 2.05) is 67.6 Å². The Morgan fingerprint density at radius 2 is 1.80 bits per heavy atom. The molecule has 1 heterocycles. The lowest BCUT2D eigenvalue weighted by molar-refractivity contribution is -0.136. The van der Waals surface area contributed by atoms with Crippen molar-refractivity contribution in [2.24, 2.45) is 5.41 Å². The van der Waals surface area contributed by atoms with Gasteiger partial charge in [-0.15, -0.1) is 0 Å². The quantitative estimate of drug-likeness (QED) is 0.576. The van der Waals surface area contributed by atoms with Crippen LogP contribution in [-0.4, -0.2) is 16.0 Å². The van der Waals surface area contributed by atoms with Crippen LogP contribution >= 0.6 is 0 Å². The van der Waals surface area contributed by atoms with Gasteiger partial charge in [0.25, 0.3) is 0 Å². The van der Waals surface area contributed by atoms with E-state index in [0.717, 1.165) is 11.3 Å². The molecule has 2 aromatic carbocycles. The normalized spacial score (nSPS) is 13.3. The highest BCUT2D eigenvalue weighted by Crippen LogP contribution is 2.35. The summed E-state index contributed by atoms with van der Waals surface area (Å²) >= 11 is 0. The topological polar surface area (TPSA) is 71.5 Å². The van der Waals surface area contributed by atoms with Gasteiger partial charge in [-0.05, 0) is 56.2 Å². The fourth-order valence-electron chi connectivity index (χ4n) is 3.14. The van der Waals surface area contributed by atoms with Crippen LogP contribution in [0.4, 0.5) is 0 Å². The summed E-state index contributed by atoms with van der Waals surface area (Å²) in [6, 6.07) is 22.4. The van der Waals surface area contributed by atoms with Crippen molar-refractivity contribution in [1.82, 2.24) is 10.3 Å². The molecule has 2 atom stereocenters. The van der Waals surface area contributed by atoms with Crippen molar-refractivity contribution in [1.29, 1.82) is 0 Å². The van der Waals surface area contributed by atoms with Crippen LogP contribution in [0.5, 0.6) is 5.75 Å². The van der Waals surface area contributed by atoms with Crippen LogP contribution in [0.15, 0.2) is 79.0 Å². The molecule has 1 amide bonds. The van der Waals surface area contributed by atoms with E-state index in [1.54, 1.807) is 32.2 Å². The molecular weight excluding hydrogens is 376 g/mol. The molecule has 5 nitrogen and oxygen atoms in total. The molecule has 0 saturated carbocycles. The lowest BCUT2D eigenvalue weighted by Gasteiger charge is -2.31. The van der Waals surface area contributed by atoms with Crippen molar-refractivity contribution in [3.63, 3.8) is 0 Å². The Morgan fingerprint density at radius 3 is 2.50 bits per heavy atom. The van der Waals surface area contributed by atoms with Gasteiger partial charge in [-0.25, -0.2) is 0 Å². The number of hydrogen-bond donors (Lipinski definition) is 2. The molecule has 2 unspecified atom stereocenters. The molecule has 0 fully saturated rings. The van der Waals surface area contributed by atoms with Crippen LogP contribution in [0, 0.1) is 5.41 Å². The molecule has 30 heavy (non-hydrogen) atoms. The van der Waals surface area contributed by atoms with Gasteiger partial charge in [-0.3, -0.25) is 9.78 Å². The minimum Gasteiger partial charge on any atom is -0.489 e.